The van der Waals surface area contributed by atoms with Gasteiger partial charge in [-0.05, 0) is 0 Å². The molecule has 0 saturated heterocycles. The van der Waals surface area contributed by atoms with Gasteiger partial charge in [-0.2, -0.15) is 0 Å². The Morgan fingerprint density at radius 1 is 0.500 bits per heavy atom. The van der Waals surface area contributed by atoms with E-state index in [2.05, 4.69) is 0 Å². The Morgan fingerprint density at radius 2 is 0.767 bits per heavy atom. The minimum absolute atomic E-state index is 0.324. The van der Waals surface area contributed by atoms with Crippen LogP contribution in [0.25, 0.3) is 0 Å². The van der Waals surface area contributed by atoms with Crippen LogP contribution in [0.2, 0.25) is 11.4 Å². The summed E-state index contributed by atoms with van der Waals surface area (Å²) in [6.45, 7) is 0. The molecule has 5 rings (SSSR count). The molecule has 0 radical (unpaired) electrons. The van der Waals surface area contributed by atoms with Crippen molar-refractivity contribution in [2.75, 3.05) is 9.80 Å². The number of benzene rings is 2. The van der Waals surface area contributed by atoms with Gasteiger partial charge in [0.2, 0.25) is 0 Å². The van der Waals surface area contributed by atoms with Crippen LogP contribution in [-0.4, -0.2) is 52.9 Å². The van der Waals surface area contributed by atoms with E-state index in [0.29, 0.717) is 28.8 Å². The van der Waals surface area contributed by atoms with Crippen LogP contribution in [-0.2, 0) is 19.2 Å². The normalized spacial score (nSPS) is 23.5. The van der Waals surface area contributed by atoms with Crippen molar-refractivity contribution >= 4 is 64.3 Å². The molecular formula is C22H16As2N2O4. The van der Waals surface area contributed by atoms with Crippen molar-refractivity contribution in [1.82, 2.24) is 0 Å². The fourth-order valence-corrected chi connectivity index (χ4v) is 18.3. The molecule has 148 valence electrons. The van der Waals surface area contributed by atoms with E-state index in [-0.39, 0.29) is 23.6 Å². The van der Waals surface area contributed by atoms with Crippen molar-refractivity contribution in [3.8, 4) is 0 Å². The topological polar surface area (TPSA) is 74.8 Å². The number of hydrogen-bond acceptors (Lipinski definition) is 4. The number of anilines is 2. The Bertz CT molecular complexity index is 1060. The van der Waals surface area contributed by atoms with Gasteiger partial charge >= 0.3 is 183 Å². The molecule has 30 heavy (non-hydrogen) atoms. The summed E-state index contributed by atoms with van der Waals surface area (Å²) in [5.41, 5.74) is 4.82. The zero-order valence-corrected chi connectivity index (χ0v) is 19.9. The molecule has 3 aliphatic heterocycles. The van der Waals surface area contributed by atoms with Crippen molar-refractivity contribution < 1.29 is 19.2 Å². The average Bonchev–Trinajstić information content (AvgIpc) is 3.17. The number of amides is 4. The first-order valence-corrected chi connectivity index (χ1v) is 16.8. The fourth-order valence-electron chi connectivity index (χ4n) is 4.07. The van der Waals surface area contributed by atoms with E-state index in [1.54, 1.807) is 48.5 Å². The summed E-state index contributed by atoms with van der Waals surface area (Å²) in [5.74, 6) is -1.30. The Morgan fingerprint density at radius 3 is 1.03 bits per heavy atom. The number of carbonyl (C=O) groups is 4. The van der Waals surface area contributed by atoms with Gasteiger partial charge in [0.1, 0.15) is 0 Å². The van der Waals surface area contributed by atoms with Crippen LogP contribution in [0.1, 0.15) is 0 Å². The second kappa shape index (κ2) is 6.94. The molecule has 0 bridgehead atoms. The van der Waals surface area contributed by atoms with E-state index in [4.69, 9.17) is 0 Å². The van der Waals surface area contributed by atoms with Crippen LogP contribution in [0.3, 0.4) is 0 Å². The van der Waals surface area contributed by atoms with Gasteiger partial charge in [-0.3, -0.25) is 0 Å². The van der Waals surface area contributed by atoms with E-state index in [1.165, 1.54) is 9.80 Å². The summed E-state index contributed by atoms with van der Waals surface area (Å²) in [5, 5.41) is 0. The van der Waals surface area contributed by atoms with E-state index in [9.17, 15) is 19.2 Å². The summed E-state index contributed by atoms with van der Waals surface area (Å²) in [4.78, 5) is 55.7. The first kappa shape index (κ1) is 19.3. The fraction of sp³-hybridized carbons (Fsp3) is 0.0909. The predicted octanol–water partition coefficient (Wildman–Crippen LogP) is 2.15. The van der Waals surface area contributed by atoms with Crippen LogP contribution in [0.5, 0.6) is 0 Å². The second-order valence-electron chi connectivity index (χ2n) is 7.07. The van der Waals surface area contributed by atoms with Crippen LogP contribution >= 0.6 is 0 Å². The Kier molecular flexibility index (Phi) is 4.46. The van der Waals surface area contributed by atoms with Gasteiger partial charge in [-0.1, -0.05) is 0 Å². The van der Waals surface area contributed by atoms with E-state index in [0.717, 1.165) is 0 Å². The standard InChI is InChI=1S/C22H16As2N2O4/c1-23-15-17(21(29)25(19(15)27)13-9-5-3-6-10-13)24(2)18-16(23)20(28)26(22(18)30)14-11-7-4-8-12-14/h3-12H,1-2H3. The van der Waals surface area contributed by atoms with Gasteiger partial charge in [-0.15, -0.1) is 0 Å². The third-order valence-corrected chi connectivity index (χ3v) is 16.2. The molecule has 2 aromatic rings. The van der Waals surface area contributed by atoms with Gasteiger partial charge in [0.25, 0.3) is 0 Å². The Hall–Kier alpha value is -2.68. The Labute approximate surface area is 182 Å². The summed E-state index contributed by atoms with van der Waals surface area (Å²) in [6, 6.07) is 17.7. The van der Waals surface area contributed by atoms with Crippen LogP contribution in [0.4, 0.5) is 11.4 Å². The molecule has 2 aromatic carbocycles. The van der Waals surface area contributed by atoms with E-state index in [1.807, 2.05) is 23.6 Å². The number of nitrogens with zero attached hydrogens (tertiary/aromatic N) is 2. The number of imide groups is 2. The van der Waals surface area contributed by atoms with Gasteiger partial charge in [-0.25, -0.2) is 0 Å². The van der Waals surface area contributed by atoms with Crippen LogP contribution in [0, 0.1) is 0 Å². The maximum atomic E-state index is 13.3. The number of hydrogen-bond donors (Lipinski definition) is 0. The van der Waals surface area contributed by atoms with Gasteiger partial charge in [0.15, 0.2) is 0 Å². The molecule has 0 atom stereocenters. The molecule has 4 amide bonds. The number of para-hydroxylation sites is 2. The molecule has 8 heteroatoms. The molecule has 3 aliphatic rings. The summed E-state index contributed by atoms with van der Waals surface area (Å²) >= 11 is -4.77. The zero-order chi connectivity index (χ0) is 21.2. The number of rotatable bonds is 2. The molecule has 0 N–H and O–H groups in total. The molecule has 6 nitrogen and oxygen atoms in total. The average molecular weight is 522 g/mol. The molecule has 0 aliphatic carbocycles. The summed E-state index contributed by atoms with van der Waals surface area (Å²) < 4.78 is 2.09. The van der Waals surface area contributed by atoms with E-state index < -0.39 is 29.3 Å². The zero-order valence-electron chi connectivity index (χ0n) is 16.2. The predicted molar refractivity (Wildman–Crippen MR) is 115 cm³/mol. The van der Waals surface area contributed by atoms with Crippen molar-refractivity contribution in [2.45, 2.75) is 11.4 Å². The van der Waals surface area contributed by atoms with Crippen molar-refractivity contribution in [3.05, 3.63) is 78.1 Å². The third-order valence-electron chi connectivity index (χ3n) is 5.44. The third kappa shape index (κ3) is 2.50. The SMILES string of the molecule is C[As]1C2=C(C(=O)N(c3ccccc3)C2=O)[As](C)C2=C1C(=O)N(c1ccccc1)C2=O. The number of carbonyl (C=O) groups excluding carboxylic acids is 4. The van der Waals surface area contributed by atoms with Crippen LogP contribution in [0.15, 0.2) is 78.1 Å². The monoisotopic (exact) mass is 522 g/mol. The molecule has 0 spiro atoms. The molecule has 0 fully saturated rings. The molecular weight excluding hydrogens is 506 g/mol. The summed E-state index contributed by atoms with van der Waals surface area (Å²) in [6.07, 6.45) is 0. The quantitative estimate of drug-likeness (QED) is 0.448. The molecule has 3 heterocycles. The van der Waals surface area contributed by atoms with Gasteiger partial charge in [0, 0.05) is 0 Å². The minimum atomic E-state index is -2.38. The van der Waals surface area contributed by atoms with Crippen molar-refractivity contribution in [2.24, 2.45) is 0 Å². The molecule has 0 saturated carbocycles. The van der Waals surface area contributed by atoms with Crippen molar-refractivity contribution in [1.29, 1.82) is 0 Å². The van der Waals surface area contributed by atoms with Gasteiger partial charge < -0.3 is 0 Å². The Balaban J connectivity index is 1.58. The maximum absolute atomic E-state index is 13.3. The van der Waals surface area contributed by atoms with Crippen LogP contribution < -0.4 is 9.80 Å². The summed E-state index contributed by atoms with van der Waals surface area (Å²) in [7, 11) is 0. The van der Waals surface area contributed by atoms with Gasteiger partial charge in [0.05, 0.1) is 0 Å². The first-order valence-electron chi connectivity index (χ1n) is 9.27. The van der Waals surface area contributed by atoms with Crippen molar-refractivity contribution in [3.63, 3.8) is 0 Å². The van der Waals surface area contributed by atoms with E-state index >= 15 is 0 Å². The first-order chi connectivity index (χ1) is 14.4. The molecule has 0 aromatic heterocycles. The second-order valence-corrected chi connectivity index (χ2v) is 15.5. The molecule has 0 unspecified atom stereocenters.